The first kappa shape index (κ1) is 32.1. The Hall–Kier alpha value is -5.84. The molecule has 1 unspecified atom stereocenters. The van der Waals surface area contributed by atoms with Gasteiger partial charge < -0.3 is 30.5 Å². The van der Waals surface area contributed by atoms with Crippen molar-refractivity contribution in [1.29, 1.82) is 0 Å². The second-order valence-electron chi connectivity index (χ2n) is 12.0. The monoisotopic (exact) mass is 645 g/mol. The third-order valence-electron chi connectivity index (χ3n) is 8.49. The number of anilines is 3. The fraction of sp³-hybridized carbons (Fsp3) is 0.243. The van der Waals surface area contributed by atoms with Crippen LogP contribution in [0.15, 0.2) is 102 Å². The lowest BCUT2D eigenvalue weighted by Gasteiger charge is -2.30. The summed E-state index contributed by atoms with van der Waals surface area (Å²) in [7, 11) is 3.83. The summed E-state index contributed by atoms with van der Waals surface area (Å²) in [5, 5.41) is 5.90. The number of guanidine groups is 1. The van der Waals surface area contributed by atoms with E-state index in [2.05, 4.69) is 21.6 Å². The van der Waals surface area contributed by atoms with Gasteiger partial charge in [-0.05, 0) is 53.9 Å². The smallest absolute Gasteiger partial charge is 0.257 e. The number of carbonyl (C=O) groups is 3. The predicted octanol–water partition coefficient (Wildman–Crippen LogP) is 4.31. The predicted molar refractivity (Wildman–Crippen MR) is 188 cm³/mol. The Morgan fingerprint density at radius 1 is 0.917 bits per heavy atom. The molecule has 48 heavy (non-hydrogen) atoms. The minimum absolute atomic E-state index is 0.0402. The number of fused-ring (bicyclic) bond motifs is 2. The van der Waals surface area contributed by atoms with Crippen LogP contribution in [0.25, 0.3) is 0 Å². The van der Waals surface area contributed by atoms with Crippen molar-refractivity contribution in [3.63, 3.8) is 0 Å². The van der Waals surface area contributed by atoms with E-state index in [-0.39, 0.29) is 30.9 Å². The van der Waals surface area contributed by atoms with Gasteiger partial charge in [-0.2, -0.15) is 0 Å². The highest BCUT2D eigenvalue weighted by molar-refractivity contribution is 6.08. The van der Waals surface area contributed by atoms with Gasteiger partial charge in [-0.15, -0.1) is 0 Å². The van der Waals surface area contributed by atoms with Gasteiger partial charge in [0.05, 0.1) is 23.7 Å². The lowest BCUT2D eigenvalue weighted by atomic mass is 10.1. The number of ether oxygens (including phenoxy) is 1. The third kappa shape index (κ3) is 7.25. The van der Waals surface area contributed by atoms with Crippen LogP contribution in [0.3, 0.4) is 0 Å². The lowest BCUT2D eigenvalue weighted by Crippen LogP contribution is -2.48. The summed E-state index contributed by atoms with van der Waals surface area (Å²) in [6.07, 6.45) is 1.29. The highest BCUT2D eigenvalue weighted by atomic mass is 16.5. The average molecular weight is 646 g/mol. The van der Waals surface area contributed by atoms with Gasteiger partial charge in [0.15, 0.2) is 0 Å². The van der Waals surface area contributed by atoms with Crippen LogP contribution in [-0.2, 0) is 22.6 Å². The average Bonchev–Trinajstić information content (AvgIpc) is 3.51. The van der Waals surface area contributed by atoms with Crippen LogP contribution in [0.5, 0.6) is 5.75 Å². The van der Waals surface area contributed by atoms with E-state index in [0.29, 0.717) is 35.7 Å². The first-order valence-electron chi connectivity index (χ1n) is 15.9. The summed E-state index contributed by atoms with van der Waals surface area (Å²) in [5.74, 6) is -0.152. The summed E-state index contributed by atoms with van der Waals surface area (Å²) in [5.41, 5.74) is 11.6. The zero-order valence-corrected chi connectivity index (χ0v) is 27.1. The van der Waals surface area contributed by atoms with Crippen molar-refractivity contribution < 1.29 is 19.1 Å². The van der Waals surface area contributed by atoms with Gasteiger partial charge in [0.2, 0.25) is 17.8 Å². The molecule has 0 fully saturated rings. The van der Waals surface area contributed by atoms with Crippen molar-refractivity contribution in [2.45, 2.75) is 25.4 Å². The number of primary amides is 1. The van der Waals surface area contributed by atoms with Gasteiger partial charge >= 0.3 is 0 Å². The fourth-order valence-electron chi connectivity index (χ4n) is 6.10. The van der Waals surface area contributed by atoms with Crippen molar-refractivity contribution in [3.8, 4) is 5.75 Å². The number of benzene rings is 4. The molecule has 4 aromatic rings. The second kappa shape index (κ2) is 14.3. The maximum atomic E-state index is 13.3. The fourth-order valence-corrected chi connectivity index (χ4v) is 6.10. The molecule has 0 spiro atoms. The second-order valence-corrected chi connectivity index (χ2v) is 12.0. The molecule has 2 aliphatic heterocycles. The first-order valence-corrected chi connectivity index (χ1v) is 15.9. The number of rotatable bonds is 11. The van der Waals surface area contributed by atoms with E-state index in [1.807, 2.05) is 79.7 Å². The largest absolute Gasteiger partial charge is 0.493 e. The van der Waals surface area contributed by atoms with Crippen LogP contribution in [0.2, 0.25) is 0 Å². The summed E-state index contributed by atoms with van der Waals surface area (Å²) in [6, 6.07) is 29.5. The Bertz CT molecular complexity index is 1840. The van der Waals surface area contributed by atoms with Crippen LogP contribution in [0, 0.1) is 0 Å². The van der Waals surface area contributed by atoms with Gasteiger partial charge in [-0.3, -0.25) is 19.7 Å². The van der Waals surface area contributed by atoms with Crippen LogP contribution in [-0.4, -0.2) is 68.4 Å². The molecule has 6 rings (SSSR count). The highest BCUT2D eigenvalue weighted by Gasteiger charge is 2.30. The molecule has 1 atom stereocenters. The Morgan fingerprint density at radius 2 is 1.67 bits per heavy atom. The van der Waals surface area contributed by atoms with Gasteiger partial charge in [-0.25, -0.2) is 4.99 Å². The number of carbonyl (C=O) groups excluding carboxylic acids is 3. The lowest BCUT2D eigenvalue weighted by molar-refractivity contribution is -0.119. The van der Waals surface area contributed by atoms with E-state index < -0.39 is 11.9 Å². The minimum Gasteiger partial charge on any atom is -0.493 e. The Labute approximate surface area is 280 Å². The van der Waals surface area contributed by atoms with E-state index in [1.54, 1.807) is 35.2 Å². The summed E-state index contributed by atoms with van der Waals surface area (Å²) in [4.78, 5) is 49.5. The van der Waals surface area contributed by atoms with Crippen molar-refractivity contribution in [1.82, 2.24) is 10.2 Å². The number of nitrogens with one attached hydrogen (secondary N) is 2. The topological polar surface area (TPSA) is 133 Å². The molecule has 0 radical (unpaired) electrons. The third-order valence-corrected chi connectivity index (χ3v) is 8.49. The van der Waals surface area contributed by atoms with Gasteiger partial charge in [0.25, 0.3) is 5.91 Å². The van der Waals surface area contributed by atoms with E-state index in [1.165, 1.54) is 5.56 Å². The van der Waals surface area contributed by atoms with Crippen LogP contribution >= 0.6 is 0 Å². The number of hydrogen-bond acceptors (Lipinski definition) is 8. The zero-order valence-electron chi connectivity index (χ0n) is 27.1. The zero-order chi connectivity index (χ0) is 33.6. The number of hydrogen-bond donors (Lipinski definition) is 3. The quantitative estimate of drug-likeness (QED) is 0.222. The van der Waals surface area contributed by atoms with E-state index in [0.717, 1.165) is 29.9 Å². The minimum atomic E-state index is -0.492. The van der Waals surface area contributed by atoms with Crippen molar-refractivity contribution in [2.24, 2.45) is 10.7 Å². The summed E-state index contributed by atoms with van der Waals surface area (Å²) >= 11 is 0. The van der Waals surface area contributed by atoms with E-state index in [4.69, 9.17) is 15.5 Å². The van der Waals surface area contributed by atoms with Crippen LogP contribution in [0.4, 0.5) is 22.7 Å². The molecule has 4 N–H and O–H groups in total. The number of nitrogens with two attached hydrogens (primary N) is 1. The van der Waals surface area contributed by atoms with E-state index in [9.17, 15) is 14.4 Å². The Balaban J connectivity index is 1.17. The maximum Gasteiger partial charge on any atom is 0.257 e. The molecule has 2 heterocycles. The highest BCUT2D eigenvalue weighted by Crippen LogP contribution is 2.32. The molecule has 3 amide bonds. The number of nitrogens with zero attached hydrogens (tertiary/aromatic N) is 4. The number of para-hydroxylation sites is 3. The number of amides is 3. The van der Waals surface area contributed by atoms with Gasteiger partial charge in [0, 0.05) is 50.9 Å². The van der Waals surface area contributed by atoms with Gasteiger partial charge in [0.1, 0.15) is 18.3 Å². The molecule has 0 bridgehead atoms. The summed E-state index contributed by atoms with van der Waals surface area (Å²) < 4.78 is 6.10. The van der Waals surface area contributed by atoms with Gasteiger partial charge in [-0.1, -0.05) is 54.6 Å². The van der Waals surface area contributed by atoms with Crippen LogP contribution in [0.1, 0.15) is 27.9 Å². The summed E-state index contributed by atoms with van der Waals surface area (Å²) in [6.45, 7) is 1.30. The molecule has 246 valence electrons. The number of aliphatic imine (C=N–C) groups is 1. The molecule has 0 saturated carbocycles. The Kier molecular flexibility index (Phi) is 9.56. The normalized spacial score (nSPS) is 13.9. The molecule has 0 saturated heterocycles. The molecule has 11 heteroatoms. The van der Waals surface area contributed by atoms with Crippen molar-refractivity contribution in [2.75, 3.05) is 48.9 Å². The molecular weight excluding hydrogens is 606 g/mol. The first-order chi connectivity index (χ1) is 23.3. The molecule has 4 aromatic carbocycles. The van der Waals surface area contributed by atoms with Crippen LogP contribution < -0.4 is 30.9 Å². The van der Waals surface area contributed by atoms with E-state index >= 15 is 0 Å². The molecule has 11 nitrogen and oxygen atoms in total. The molecule has 2 aliphatic rings. The van der Waals surface area contributed by atoms with Crippen molar-refractivity contribution in [3.05, 3.63) is 114 Å². The molecule has 0 aromatic heterocycles. The maximum absolute atomic E-state index is 13.3. The Morgan fingerprint density at radius 3 is 2.46 bits per heavy atom. The van der Waals surface area contributed by atoms with Crippen molar-refractivity contribution >= 4 is 46.4 Å². The SMILES string of the molecule is CN(C)c1ccccc1NC(=O)CN1Cc2ccc(OCCC(C(N)=O)N3CCc4ccccc43)cc2N=C1NC(=O)c1ccccc1. The molecule has 0 aliphatic carbocycles. The standard InChI is InChI=1S/C37H39N7O4/c1-42(2)32-15-9-7-13-29(32)39-34(45)24-43-23-27-16-17-28(22-30(27)40-37(43)41-36(47)26-11-4-3-5-12-26)48-21-19-33(35(38)46)44-20-18-25-10-6-8-14-31(25)44/h3-17,22,33H,18-21,23-24H2,1-2H3,(H2,38,46)(H,39,45)(H,40,41,47). The molecular formula is C37H39N7O4.